The lowest BCUT2D eigenvalue weighted by atomic mass is 10.2. The van der Waals surface area contributed by atoms with Crippen LogP contribution in [0.2, 0.25) is 0 Å². The fraction of sp³-hybridized carbons (Fsp3) is 0.0526. The Morgan fingerprint density at radius 3 is 2.36 bits per heavy atom. The Kier molecular flexibility index (Phi) is 5.25. The van der Waals surface area contributed by atoms with Crippen molar-refractivity contribution in [1.82, 2.24) is 4.98 Å². The first kappa shape index (κ1) is 19.3. The maximum atomic E-state index is 13.6. The quantitative estimate of drug-likeness (QED) is 0.586. The minimum atomic E-state index is -4.46. The van der Waals surface area contributed by atoms with E-state index in [2.05, 4.69) is 15.6 Å². The van der Waals surface area contributed by atoms with Crippen molar-refractivity contribution in [2.75, 3.05) is 10.6 Å². The lowest BCUT2D eigenvalue weighted by Crippen LogP contribution is -2.14. The van der Waals surface area contributed by atoms with Crippen LogP contribution in [-0.2, 0) is 6.18 Å². The van der Waals surface area contributed by atoms with Crippen molar-refractivity contribution in [2.24, 2.45) is 0 Å². The van der Waals surface area contributed by atoms with Gasteiger partial charge in [0.15, 0.2) is 0 Å². The van der Waals surface area contributed by atoms with E-state index in [-0.39, 0.29) is 17.1 Å². The van der Waals surface area contributed by atoms with Crippen molar-refractivity contribution < 1.29 is 26.7 Å². The Balaban J connectivity index is 1.70. The normalized spacial score (nSPS) is 11.2. The van der Waals surface area contributed by atoms with Crippen molar-refractivity contribution in [3.8, 4) is 0 Å². The van der Waals surface area contributed by atoms with Crippen LogP contribution in [0.5, 0.6) is 0 Å². The van der Waals surface area contributed by atoms with E-state index in [0.29, 0.717) is 11.8 Å². The molecule has 0 atom stereocenters. The van der Waals surface area contributed by atoms with Gasteiger partial charge in [0.05, 0.1) is 23.1 Å². The van der Waals surface area contributed by atoms with Gasteiger partial charge in [0.2, 0.25) is 0 Å². The van der Waals surface area contributed by atoms with Crippen LogP contribution in [0.4, 0.5) is 39.0 Å². The van der Waals surface area contributed by atoms with E-state index < -0.39 is 29.3 Å². The average Bonchev–Trinajstić information content (AvgIpc) is 2.64. The molecular weight excluding hydrogens is 381 g/mol. The molecule has 0 spiro atoms. The molecule has 1 amide bonds. The third-order valence-electron chi connectivity index (χ3n) is 3.65. The third-order valence-corrected chi connectivity index (χ3v) is 3.65. The molecule has 0 bridgehead atoms. The van der Waals surface area contributed by atoms with Crippen LogP contribution in [0.25, 0.3) is 0 Å². The molecule has 3 aromatic rings. The first-order valence-electron chi connectivity index (χ1n) is 7.89. The van der Waals surface area contributed by atoms with Crippen molar-refractivity contribution in [3.63, 3.8) is 0 Å². The van der Waals surface area contributed by atoms with Gasteiger partial charge in [-0.25, -0.2) is 13.8 Å². The number of halogens is 5. The predicted molar refractivity (Wildman–Crippen MR) is 93.3 cm³/mol. The molecule has 9 heteroatoms. The lowest BCUT2D eigenvalue weighted by molar-refractivity contribution is -0.137. The maximum absolute atomic E-state index is 13.6. The number of rotatable bonds is 4. The second-order valence-corrected chi connectivity index (χ2v) is 5.71. The number of amides is 1. The van der Waals surface area contributed by atoms with E-state index >= 15 is 0 Å². The van der Waals surface area contributed by atoms with Crippen molar-refractivity contribution in [2.45, 2.75) is 6.18 Å². The lowest BCUT2D eigenvalue weighted by Gasteiger charge is -2.11. The van der Waals surface area contributed by atoms with Crippen LogP contribution in [-0.4, -0.2) is 10.9 Å². The van der Waals surface area contributed by atoms with Crippen LogP contribution < -0.4 is 10.6 Å². The summed E-state index contributed by atoms with van der Waals surface area (Å²) in [5.41, 5.74) is -0.522. The van der Waals surface area contributed by atoms with Crippen LogP contribution in [0.3, 0.4) is 0 Å². The number of alkyl halides is 3. The van der Waals surface area contributed by atoms with Gasteiger partial charge in [-0.15, -0.1) is 0 Å². The number of pyridine rings is 1. The first-order valence-corrected chi connectivity index (χ1v) is 7.89. The molecular formula is C19H12F5N3O. The highest BCUT2D eigenvalue weighted by Gasteiger charge is 2.30. The highest BCUT2D eigenvalue weighted by molar-refractivity contribution is 6.03. The fourth-order valence-electron chi connectivity index (χ4n) is 2.32. The van der Waals surface area contributed by atoms with Gasteiger partial charge in [0.1, 0.15) is 17.3 Å². The summed E-state index contributed by atoms with van der Waals surface area (Å²) in [4.78, 5) is 16.0. The Hall–Kier alpha value is -3.49. The van der Waals surface area contributed by atoms with Crippen molar-refractivity contribution in [3.05, 3.63) is 83.7 Å². The molecule has 28 heavy (non-hydrogen) atoms. The number of carbonyl (C=O) groups excluding carboxylic acids is 1. The van der Waals surface area contributed by atoms with E-state index in [0.717, 1.165) is 24.3 Å². The molecule has 0 saturated heterocycles. The van der Waals surface area contributed by atoms with E-state index in [9.17, 15) is 26.7 Å². The third kappa shape index (κ3) is 4.61. The summed E-state index contributed by atoms with van der Waals surface area (Å²) in [5.74, 6) is -2.44. The number of carbonyl (C=O) groups is 1. The highest BCUT2D eigenvalue weighted by Crippen LogP contribution is 2.31. The van der Waals surface area contributed by atoms with E-state index in [1.165, 1.54) is 30.5 Å². The number of nitrogens with zero attached hydrogens (tertiary/aromatic N) is 1. The molecule has 0 saturated carbocycles. The fourth-order valence-corrected chi connectivity index (χ4v) is 2.32. The Labute approximate surface area is 156 Å². The summed E-state index contributed by atoms with van der Waals surface area (Å²) >= 11 is 0. The standard InChI is InChI=1S/C19H12F5N3O/c20-12-4-6-16(15(21)9-12)27-18(28)17-7-5-14(10-25-17)26-13-3-1-2-11(8-13)19(22,23)24/h1-10,26H,(H,27,28). The van der Waals surface area contributed by atoms with Crippen LogP contribution in [0, 0.1) is 11.6 Å². The monoisotopic (exact) mass is 393 g/mol. The number of anilines is 3. The van der Waals surface area contributed by atoms with Gasteiger partial charge in [0, 0.05) is 11.8 Å². The highest BCUT2D eigenvalue weighted by atomic mass is 19.4. The molecule has 0 fully saturated rings. The smallest absolute Gasteiger partial charge is 0.354 e. The summed E-state index contributed by atoms with van der Waals surface area (Å²) in [7, 11) is 0. The summed E-state index contributed by atoms with van der Waals surface area (Å²) in [6, 6.07) is 10.1. The molecule has 4 nitrogen and oxygen atoms in total. The van der Waals surface area contributed by atoms with E-state index in [1.54, 1.807) is 0 Å². The molecule has 0 radical (unpaired) electrons. The minimum Gasteiger partial charge on any atom is -0.354 e. The SMILES string of the molecule is O=C(Nc1ccc(F)cc1F)c1ccc(Nc2cccc(C(F)(F)F)c2)cn1. The topological polar surface area (TPSA) is 54.0 Å². The maximum Gasteiger partial charge on any atom is 0.416 e. The molecule has 0 unspecified atom stereocenters. The molecule has 0 aliphatic heterocycles. The summed E-state index contributed by atoms with van der Waals surface area (Å²) < 4.78 is 64.7. The zero-order valence-corrected chi connectivity index (χ0v) is 14.0. The Morgan fingerprint density at radius 1 is 0.929 bits per heavy atom. The van der Waals surface area contributed by atoms with E-state index in [4.69, 9.17) is 0 Å². The predicted octanol–water partition coefficient (Wildman–Crippen LogP) is 5.37. The van der Waals surface area contributed by atoms with Crippen molar-refractivity contribution >= 4 is 23.0 Å². The molecule has 3 rings (SSSR count). The molecule has 1 heterocycles. The number of nitrogens with one attached hydrogen (secondary N) is 2. The van der Waals surface area contributed by atoms with Gasteiger partial charge in [-0.3, -0.25) is 4.79 Å². The van der Waals surface area contributed by atoms with Gasteiger partial charge in [-0.2, -0.15) is 13.2 Å². The van der Waals surface area contributed by atoms with Gasteiger partial charge >= 0.3 is 6.18 Å². The minimum absolute atomic E-state index is 0.0571. The van der Waals surface area contributed by atoms with Gasteiger partial charge < -0.3 is 10.6 Å². The first-order chi connectivity index (χ1) is 13.2. The summed E-state index contributed by atoms with van der Waals surface area (Å²) in [5, 5.41) is 5.01. The second kappa shape index (κ2) is 7.63. The van der Waals surface area contributed by atoms with Gasteiger partial charge in [-0.05, 0) is 42.5 Å². The van der Waals surface area contributed by atoms with E-state index in [1.807, 2.05) is 0 Å². The number of hydrogen-bond acceptors (Lipinski definition) is 3. The molecule has 1 aromatic heterocycles. The Bertz CT molecular complexity index is 1000. The molecule has 0 aliphatic carbocycles. The van der Waals surface area contributed by atoms with Crippen molar-refractivity contribution in [1.29, 1.82) is 0 Å². The van der Waals surface area contributed by atoms with Gasteiger partial charge in [0.25, 0.3) is 5.91 Å². The van der Waals surface area contributed by atoms with Gasteiger partial charge in [-0.1, -0.05) is 6.07 Å². The average molecular weight is 393 g/mol. The zero-order chi connectivity index (χ0) is 20.3. The molecule has 2 aromatic carbocycles. The van der Waals surface area contributed by atoms with Crippen LogP contribution in [0.1, 0.15) is 16.1 Å². The number of benzene rings is 2. The second-order valence-electron chi connectivity index (χ2n) is 5.71. The zero-order valence-electron chi connectivity index (χ0n) is 14.0. The van der Waals surface area contributed by atoms with Crippen LogP contribution >= 0.6 is 0 Å². The Morgan fingerprint density at radius 2 is 1.71 bits per heavy atom. The molecule has 2 N–H and O–H groups in total. The largest absolute Gasteiger partial charge is 0.416 e. The number of aromatic nitrogens is 1. The molecule has 0 aliphatic rings. The summed E-state index contributed by atoms with van der Waals surface area (Å²) in [6.45, 7) is 0. The summed E-state index contributed by atoms with van der Waals surface area (Å²) in [6.07, 6.45) is -3.22. The number of hydrogen-bond donors (Lipinski definition) is 2. The van der Waals surface area contributed by atoms with Crippen LogP contribution in [0.15, 0.2) is 60.8 Å². The molecule has 144 valence electrons.